The maximum absolute atomic E-state index is 13.1. The van der Waals surface area contributed by atoms with Crippen LogP contribution < -0.4 is 4.74 Å². The molecule has 0 aliphatic carbocycles. The van der Waals surface area contributed by atoms with E-state index in [2.05, 4.69) is 4.90 Å². The number of Topliss-reactive ketones (excluding diaryl/α,β-unsaturated/α-hetero) is 1. The molecule has 3 atom stereocenters. The van der Waals surface area contributed by atoms with Crippen LogP contribution in [-0.4, -0.2) is 57.8 Å². The monoisotopic (exact) mass is 547 g/mol. The Bertz CT molecular complexity index is 1420. The fraction of sp³-hybridized carbons (Fsp3) is 0.531. The molecule has 2 aliphatic heterocycles. The number of fused-ring (bicyclic) bond motifs is 3. The van der Waals surface area contributed by atoms with Crippen LogP contribution in [0.15, 0.2) is 36.7 Å². The average molecular weight is 548 g/mol. The number of aromatic nitrogens is 2. The van der Waals surface area contributed by atoms with Gasteiger partial charge in [-0.05, 0) is 97.1 Å². The molecule has 1 unspecified atom stereocenters. The largest absolute Gasteiger partial charge is 0.496 e. The molecule has 0 radical (unpaired) electrons. The van der Waals surface area contributed by atoms with E-state index in [9.17, 15) is 9.59 Å². The van der Waals surface area contributed by atoms with Crippen molar-refractivity contribution in [3.05, 3.63) is 59.0 Å². The number of ether oxygens (including phenoxy) is 3. The summed E-state index contributed by atoms with van der Waals surface area (Å²) in [6.45, 7) is 12.5. The summed E-state index contributed by atoms with van der Waals surface area (Å²) in [5.41, 5.74) is 3.48. The minimum absolute atomic E-state index is 0.00910. The van der Waals surface area contributed by atoms with Crippen LogP contribution in [0, 0.1) is 6.92 Å². The molecular formula is C32H41N3O5. The van der Waals surface area contributed by atoms with Gasteiger partial charge in [0.2, 0.25) is 0 Å². The molecule has 8 heteroatoms. The molecule has 0 N–H and O–H groups in total. The summed E-state index contributed by atoms with van der Waals surface area (Å²) < 4.78 is 19.4. The SMILES string of the molecule is CCO[C@@H]1C[C@@H]2CCC(c3ccc(C(C)=O)cn3)(C1)N2Cc1c(OC)cc(C)c2c1ccn2C(=O)OC(C)(C)C. The van der Waals surface area contributed by atoms with E-state index in [1.165, 1.54) is 0 Å². The number of rotatable bonds is 7. The standard InChI is InChI=1S/C32H41N3O5/c1-8-39-24-16-23-11-13-32(17-24,28-10-9-22(18-33-28)21(3)36)35(23)19-26-25-12-14-34(30(37)40-31(4,5)6)29(25)20(2)15-27(26)38-7/h9-10,12,14-15,18,23-24H,8,11,13,16-17,19H2,1-7H3/t23-,24+,32?/m0/s1. The number of hydrogen-bond donors (Lipinski definition) is 0. The van der Waals surface area contributed by atoms with Crippen molar-refractivity contribution in [3.8, 4) is 5.75 Å². The van der Waals surface area contributed by atoms with E-state index < -0.39 is 11.7 Å². The highest BCUT2D eigenvalue weighted by atomic mass is 16.6. The van der Waals surface area contributed by atoms with E-state index in [-0.39, 0.29) is 17.4 Å². The molecule has 1 aromatic carbocycles. The first-order valence-corrected chi connectivity index (χ1v) is 14.2. The Hall–Kier alpha value is -3.23. The molecule has 2 fully saturated rings. The molecule has 2 aromatic heterocycles. The van der Waals surface area contributed by atoms with Gasteiger partial charge in [0, 0.05) is 48.1 Å². The minimum Gasteiger partial charge on any atom is -0.496 e. The second-order valence-electron chi connectivity index (χ2n) is 12.2. The van der Waals surface area contributed by atoms with E-state index in [4.69, 9.17) is 19.2 Å². The molecule has 40 heavy (non-hydrogen) atoms. The second kappa shape index (κ2) is 10.6. The topological polar surface area (TPSA) is 82.9 Å². The lowest BCUT2D eigenvalue weighted by molar-refractivity contribution is -0.0608. The quantitative estimate of drug-likeness (QED) is 0.317. The third kappa shape index (κ3) is 5.03. The number of ketones is 1. The summed E-state index contributed by atoms with van der Waals surface area (Å²) in [6.07, 6.45) is 7.04. The normalized spacial score (nSPS) is 23.0. The van der Waals surface area contributed by atoms with Crippen LogP contribution in [0.25, 0.3) is 10.9 Å². The van der Waals surface area contributed by atoms with Crippen LogP contribution in [0.3, 0.4) is 0 Å². The summed E-state index contributed by atoms with van der Waals surface area (Å²) in [5, 5.41) is 0.976. The average Bonchev–Trinajstić information content (AvgIpc) is 3.43. The first kappa shape index (κ1) is 28.3. The summed E-state index contributed by atoms with van der Waals surface area (Å²) in [7, 11) is 1.70. The summed E-state index contributed by atoms with van der Waals surface area (Å²) in [4.78, 5) is 32.5. The van der Waals surface area contributed by atoms with E-state index in [0.29, 0.717) is 24.8 Å². The highest BCUT2D eigenvalue weighted by molar-refractivity contribution is 5.95. The van der Waals surface area contributed by atoms with Gasteiger partial charge in [0.15, 0.2) is 5.78 Å². The number of pyridine rings is 1. The van der Waals surface area contributed by atoms with Gasteiger partial charge in [-0.2, -0.15) is 0 Å². The van der Waals surface area contributed by atoms with Gasteiger partial charge in [0.05, 0.1) is 30.0 Å². The van der Waals surface area contributed by atoms with Crippen molar-refractivity contribution in [2.75, 3.05) is 13.7 Å². The molecule has 0 saturated carbocycles. The van der Waals surface area contributed by atoms with E-state index in [0.717, 1.165) is 59.2 Å². The molecule has 2 aliphatic rings. The van der Waals surface area contributed by atoms with Crippen LogP contribution >= 0.6 is 0 Å². The van der Waals surface area contributed by atoms with Crippen LogP contribution in [-0.2, 0) is 21.6 Å². The second-order valence-corrected chi connectivity index (χ2v) is 12.2. The van der Waals surface area contributed by atoms with Crippen molar-refractivity contribution in [2.45, 2.75) is 97.1 Å². The van der Waals surface area contributed by atoms with Gasteiger partial charge in [-0.1, -0.05) is 0 Å². The van der Waals surface area contributed by atoms with Gasteiger partial charge in [0.25, 0.3) is 0 Å². The highest BCUT2D eigenvalue weighted by Crippen LogP contribution is 2.52. The molecule has 0 amide bonds. The Kier molecular flexibility index (Phi) is 7.52. The third-order valence-electron chi connectivity index (χ3n) is 8.40. The first-order chi connectivity index (χ1) is 19.0. The molecule has 3 aromatic rings. The lowest BCUT2D eigenvalue weighted by Crippen LogP contribution is -2.52. The Morgan fingerprint density at radius 1 is 1.20 bits per heavy atom. The Morgan fingerprint density at radius 2 is 1.98 bits per heavy atom. The van der Waals surface area contributed by atoms with Gasteiger partial charge in [-0.3, -0.25) is 19.2 Å². The summed E-state index contributed by atoms with van der Waals surface area (Å²) >= 11 is 0. The van der Waals surface area contributed by atoms with Gasteiger partial charge >= 0.3 is 6.09 Å². The van der Waals surface area contributed by atoms with Crippen molar-refractivity contribution < 1.29 is 23.8 Å². The molecule has 8 nitrogen and oxygen atoms in total. The summed E-state index contributed by atoms with van der Waals surface area (Å²) in [5.74, 6) is 0.808. The third-order valence-corrected chi connectivity index (χ3v) is 8.40. The minimum atomic E-state index is -0.599. The maximum atomic E-state index is 13.1. The van der Waals surface area contributed by atoms with Crippen LogP contribution in [0.1, 0.15) is 87.5 Å². The van der Waals surface area contributed by atoms with Crippen molar-refractivity contribution in [3.63, 3.8) is 0 Å². The lowest BCUT2D eigenvalue weighted by atomic mass is 9.82. The molecular weight excluding hydrogens is 506 g/mol. The molecule has 0 spiro atoms. The van der Waals surface area contributed by atoms with Crippen molar-refractivity contribution >= 4 is 22.8 Å². The van der Waals surface area contributed by atoms with Crippen LogP contribution in [0.4, 0.5) is 4.79 Å². The Morgan fingerprint density at radius 3 is 2.60 bits per heavy atom. The van der Waals surface area contributed by atoms with Gasteiger partial charge in [0.1, 0.15) is 11.4 Å². The van der Waals surface area contributed by atoms with Gasteiger partial charge in [-0.15, -0.1) is 0 Å². The zero-order valence-corrected chi connectivity index (χ0v) is 24.7. The number of aryl methyl sites for hydroxylation is 1. The van der Waals surface area contributed by atoms with Gasteiger partial charge < -0.3 is 14.2 Å². The number of benzene rings is 1. The van der Waals surface area contributed by atoms with Crippen molar-refractivity contribution in [1.82, 2.24) is 14.5 Å². The fourth-order valence-corrected chi connectivity index (χ4v) is 6.72. The number of piperidine rings is 1. The van der Waals surface area contributed by atoms with Gasteiger partial charge in [-0.25, -0.2) is 4.79 Å². The lowest BCUT2D eigenvalue weighted by Gasteiger charge is -2.47. The van der Waals surface area contributed by atoms with Crippen LogP contribution in [0.5, 0.6) is 5.75 Å². The molecule has 214 valence electrons. The zero-order valence-electron chi connectivity index (χ0n) is 24.7. The molecule has 2 saturated heterocycles. The van der Waals surface area contributed by atoms with Crippen molar-refractivity contribution in [2.24, 2.45) is 0 Å². The fourth-order valence-electron chi connectivity index (χ4n) is 6.72. The predicted octanol–water partition coefficient (Wildman–Crippen LogP) is 6.40. The number of carbonyl (C=O) groups is 2. The molecule has 2 bridgehead atoms. The number of hydrogen-bond acceptors (Lipinski definition) is 7. The summed E-state index contributed by atoms with van der Waals surface area (Å²) in [6, 6.07) is 8.22. The number of carbonyl (C=O) groups excluding carboxylic acids is 2. The predicted molar refractivity (Wildman–Crippen MR) is 154 cm³/mol. The zero-order chi connectivity index (χ0) is 28.8. The Balaban J connectivity index is 1.59. The number of methoxy groups -OCH3 is 1. The Labute approximate surface area is 236 Å². The van der Waals surface area contributed by atoms with Crippen LogP contribution in [0.2, 0.25) is 0 Å². The number of nitrogens with zero attached hydrogens (tertiary/aromatic N) is 3. The molecule has 4 heterocycles. The smallest absolute Gasteiger partial charge is 0.419 e. The molecule has 5 rings (SSSR count). The van der Waals surface area contributed by atoms with E-state index >= 15 is 0 Å². The highest BCUT2D eigenvalue weighted by Gasteiger charge is 2.54. The van der Waals surface area contributed by atoms with Crippen molar-refractivity contribution in [1.29, 1.82) is 0 Å². The van der Waals surface area contributed by atoms with E-state index in [1.54, 1.807) is 31.0 Å². The maximum Gasteiger partial charge on any atom is 0.419 e. The van der Waals surface area contributed by atoms with E-state index in [1.807, 2.05) is 58.9 Å². The first-order valence-electron chi connectivity index (χ1n) is 14.2.